The van der Waals surface area contributed by atoms with Crippen molar-refractivity contribution < 1.29 is 23.2 Å². The highest BCUT2D eigenvalue weighted by molar-refractivity contribution is 6.30. The number of ketones is 1. The first-order valence-corrected chi connectivity index (χ1v) is 11.4. The van der Waals surface area contributed by atoms with Gasteiger partial charge in [-0.25, -0.2) is 4.79 Å². The molecule has 0 aliphatic carbocycles. The molecule has 3 amide bonds. The number of amides is 3. The van der Waals surface area contributed by atoms with E-state index in [2.05, 4.69) is 11.8 Å². The monoisotopic (exact) mass is 492 g/mol. The molecule has 0 atom stereocenters. The summed E-state index contributed by atoms with van der Waals surface area (Å²) in [5.41, 5.74) is 1.70. The number of anilines is 1. The fourth-order valence-electron chi connectivity index (χ4n) is 3.66. The lowest BCUT2D eigenvalue weighted by molar-refractivity contribution is -0.131. The molecule has 1 N–H and O–H groups in total. The summed E-state index contributed by atoms with van der Waals surface area (Å²) in [6, 6.07) is 13.4. The lowest BCUT2D eigenvalue weighted by Crippen LogP contribution is -2.52. The molecule has 2 aromatic carbocycles. The van der Waals surface area contributed by atoms with E-state index >= 15 is 0 Å². The van der Waals surface area contributed by atoms with Gasteiger partial charge in [-0.05, 0) is 30.3 Å². The van der Waals surface area contributed by atoms with Gasteiger partial charge in [-0.3, -0.25) is 14.5 Å². The topological polar surface area (TPSA) is 73.0 Å². The summed E-state index contributed by atoms with van der Waals surface area (Å²) in [7, 11) is 0. The maximum Gasteiger partial charge on any atom is 0.324 e. The van der Waals surface area contributed by atoms with Crippen LogP contribution in [0.1, 0.15) is 22.8 Å². The number of alkyl halides is 2. The summed E-state index contributed by atoms with van der Waals surface area (Å²) < 4.78 is 24.6. The average molecular weight is 493 g/mol. The van der Waals surface area contributed by atoms with Crippen LogP contribution >= 0.6 is 11.6 Å². The number of hydrogen-bond donors (Lipinski definition) is 1. The molecule has 0 aromatic heterocycles. The van der Waals surface area contributed by atoms with E-state index in [-0.39, 0.29) is 18.1 Å². The van der Waals surface area contributed by atoms with E-state index in [9.17, 15) is 23.2 Å². The quantitative estimate of drug-likeness (QED) is 0.571. The molecule has 1 aliphatic rings. The van der Waals surface area contributed by atoms with Crippen molar-refractivity contribution >= 4 is 35.0 Å². The first kappa shape index (κ1) is 25.6. The molecule has 0 spiro atoms. The summed E-state index contributed by atoms with van der Waals surface area (Å²) in [5, 5.41) is 2.41. The van der Waals surface area contributed by atoms with Crippen LogP contribution in [0.3, 0.4) is 0 Å². The molecule has 182 valence electrons. The maximum atomic E-state index is 13.4. The SMILES string of the molecule is CCN1CCN(C(=O)N(Cc2ccc(C(=O)CNC(=O)C(F)F)cc2)c2cccc(Cl)c2)CC1. The highest BCUT2D eigenvalue weighted by Gasteiger charge is 2.26. The van der Waals surface area contributed by atoms with Gasteiger partial charge in [0.05, 0.1) is 13.1 Å². The highest BCUT2D eigenvalue weighted by atomic mass is 35.5. The van der Waals surface area contributed by atoms with Crippen LogP contribution in [0.5, 0.6) is 0 Å². The fraction of sp³-hybridized carbons (Fsp3) is 0.375. The minimum Gasteiger partial charge on any atom is -0.344 e. The lowest BCUT2D eigenvalue weighted by Gasteiger charge is -2.37. The van der Waals surface area contributed by atoms with Crippen LogP contribution in [-0.4, -0.2) is 73.2 Å². The number of halogens is 3. The fourth-order valence-corrected chi connectivity index (χ4v) is 3.85. The molecule has 1 aliphatic heterocycles. The van der Waals surface area contributed by atoms with Crippen molar-refractivity contribution in [3.8, 4) is 0 Å². The Kier molecular flexibility index (Phi) is 8.95. The van der Waals surface area contributed by atoms with Gasteiger partial charge in [-0.2, -0.15) is 8.78 Å². The predicted molar refractivity (Wildman–Crippen MR) is 127 cm³/mol. The van der Waals surface area contributed by atoms with E-state index in [1.807, 2.05) is 16.3 Å². The van der Waals surface area contributed by atoms with Gasteiger partial charge in [-0.1, -0.05) is 48.9 Å². The molecule has 7 nitrogen and oxygen atoms in total. The van der Waals surface area contributed by atoms with E-state index in [1.54, 1.807) is 47.4 Å². The average Bonchev–Trinajstić information content (AvgIpc) is 2.85. The summed E-state index contributed by atoms with van der Waals surface area (Å²) in [6.45, 7) is 5.65. The normalized spacial score (nSPS) is 14.2. The standard InChI is InChI=1S/C24H27ClF2N4O3/c1-2-29-10-12-30(13-11-29)24(34)31(20-5-3-4-19(25)14-20)16-17-6-8-18(9-7-17)21(32)15-28-23(33)22(26)27/h3-9,14,22H,2,10-13,15-16H2,1H3,(H,28,33). The van der Waals surface area contributed by atoms with Crippen molar-refractivity contribution in [3.63, 3.8) is 0 Å². The van der Waals surface area contributed by atoms with Gasteiger partial charge in [0, 0.05) is 42.5 Å². The molecule has 1 saturated heterocycles. The van der Waals surface area contributed by atoms with Crippen LogP contribution in [0.4, 0.5) is 19.3 Å². The molecule has 10 heteroatoms. The van der Waals surface area contributed by atoms with Crippen molar-refractivity contribution in [2.75, 3.05) is 44.2 Å². The zero-order valence-electron chi connectivity index (χ0n) is 18.8. The van der Waals surface area contributed by atoms with Crippen molar-refractivity contribution in [1.82, 2.24) is 15.1 Å². The molecule has 34 heavy (non-hydrogen) atoms. The largest absolute Gasteiger partial charge is 0.344 e. The number of carbonyl (C=O) groups excluding carboxylic acids is 3. The van der Waals surface area contributed by atoms with Crippen LogP contribution in [0.25, 0.3) is 0 Å². The number of rotatable bonds is 8. The second-order valence-electron chi connectivity index (χ2n) is 7.91. The Balaban J connectivity index is 1.73. The van der Waals surface area contributed by atoms with Gasteiger partial charge >= 0.3 is 12.5 Å². The first-order valence-electron chi connectivity index (χ1n) is 11.0. The third-order valence-corrected chi connectivity index (χ3v) is 5.91. The first-order chi connectivity index (χ1) is 16.3. The summed E-state index contributed by atoms with van der Waals surface area (Å²) in [5.74, 6) is -1.97. The Morgan fingerprint density at radius 3 is 2.32 bits per heavy atom. The zero-order valence-corrected chi connectivity index (χ0v) is 19.6. The number of Topliss-reactive ketones (excluding diaryl/α,β-unsaturated/α-hetero) is 1. The van der Waals surface area contributed by atoms with E-state index in [0.29, 0.717) is 23.8 Å². The second kappa shape index (κ2) is 11.9. The van der Waals surface area contributed by atoms with Crippen LogP contribution in [0.15, 0.2) is 48.5 Å². The molecule has 1 fully saturated rings. The molecular formula is C24H27ClF2N4O3. The number of urea groups is 1. The molecular weight excluding hydrogens is 466 g/mol. The molecule has 0 bridgehead atoms. The third-order valence-electron chi connectivity index (χ3n) is 5.68. The summed E-state index contributed by atoms with van der Waals surface area (Å²) in [6.07, 6.45) is -3.17. The number of piperazine rings is 1. The molecule has 2 aromatic rings. The number of benzene rings is 2. The Morgan fingerprint density at radius 2 is 1.74 bits per heavy atom. The molecule has 0 unspecified atom stereocenters. The van der Waals surface area contributed by atoms with Crippen LogP contribution < -0.4 is 10.2 Å². The van der Waals surface area contributed by atoms with E-state index < -0.39 is 24.7 Å². The second-order valence-corrected chi connectivity index (χ2v) is 8.34. The number of hydrogen-bond acceptors (Lipinski definition) is 4. The number of likely N-dealkylation sites (N-methyl/N-ethyl adjacent to an activating group) is 1. The summed E-state index contributed by atoms with van der Waals surface area (Å²) in [4.78, 5) is 42.3. The van der Waals surface area contributed by atoms with Crippen LogP contribution in [0.2, 0.25) is 5.02 Å². The van der Waals surface area contributed by atoms with Gasteiger partial charge in [-0.15, -0.1) is 0 Å². The van der Waals surface area contributed by atoms with Gasteiger partial charge in [0.15, 0.2) is 5.78 Å². The molecule has 1 heterocycles. The minimum absolute atomic E-state index is 0.132. The Labute approximate surface area is 202 Å². The third kappa shape index (κ3) is 6.74. The van der Waals surface area contributed by atoms with Crippen molar-refractivity contribution in [3.05, 3.63) is 64.7 Å². The summed E-state index contributed by atoms with van der Waals surface area (Å²) >= 11 is 6.17. The molecule has 3 rings (SSSR count). The Morgan fingerprint density at radius 1 is 1.06 bits per heavy atom. The Hall–Kier alpha value is -3.04. The van der Waals surface area contributed by atoms with Crippen LogP contribution in [0, 0.1) is 0 Å². The number of nitrogens with one attached hydrogen (secondary N) is 1. The molecule has 0 saturated carbocycles. The van der Waals surface area contributed by atoms with Gasteiger partial charge in [0.25, 0.3) is 5.91 Å². The van der Waals surface area contributed by atoms with Gasteiger partial charge in [0.2, 0.25) is 0 Å². The Bertz CT molecular complexity index is 1010. The number of nitrogens with zero attached hydrogens (tertiary/aromatic N) is 3. The smallest absolute Gasteiger partial charge is 0.324 e. The van der Waals surface area contributed by atoms with Crippen LogP contribution in [-0.2, 0) is 11.3 Å². The van der Waals surface area contributed by atoms with Gasteiger partial charge in [0.1, 0.15) is 0 Å². The highest BCUT2D eigenvalue weighted by Crippen LogP contribution is 2.24. The van der Waals surface area contributed by atoms with E-state index in [1.165, 1.54) is 0 Å². The zero-order chi connectivity index (χ0) is 24.7. The lowest BCUT2D eigenvalue weighted by atomic mass is 10.1. The van der Waals surface area contributed by atoms with Crippen molar-refractivity contribution in [2.45, 2.75) is 19.9 Å². The minimum atomic E-state index is -3.17. The molecule has 0 radical (unpaired) electrons. The van der Waals surface area contributed by atoms with Crippen molar-refractivity contribution in [2.24, 2.45) is 0 Å². The maximum absolute atomic E-state index is 13.4. The van der Waals surface area contributed by atoms with Crippen molar-refractivity contribution in [1.29, 1.82) is 0 Å². The number of carbonyl (C=O) groups is 3. The predicted octanol–water partition coefficient (Wildman–Crippen LogP) is 3.67. The van der Waals surface area contributed by atoms with E-state index in [0.717, 1.165) is 25.2 Å². The van der Waals surface area contributed by atoms with Gasteiger partial charge < -0.3 is 15.1 Å². The van der Waals surface area contributed by atoms with E-state index in [4.69, 9.17) is 11.6 Å².